The van der Waals surface area contributed by atoms with Crippen LogP contribution >= 0.6 is 0 Å². The van der Waals surface area contributed by atoms with Crippen LogP contribution in [0, 0.1) is 0 Å². The lowest BCUT2D eigenvalue weighted by Gasteiger charge is -2.31. The summed E-state index contributed by atoms with van der Waals surface area (Å²) in [4.78, 5) is 37.0. The van der Waals surface area contributed by atoms with Crippen molar-refractivity contribution < 1.29 is 38.2 Å². The third-order valence-electron chi connectivity index (χ3n) is 10.2. The molecule has 0 amide bonds. The van der Waals surface area contributed by atoms with Crippen LogP contribution in [0.2, 0.25) is 0 Å². The molecule has 0 saturated heterocycles. The fourth-order valence-corrected chi connectivity index (χ4v) is 6.58. The number of hydrogen-bond acceptors (Lipinski definition) is 6. The highest BCUT2D eigenvalue weighted by atomic mass is 16.6. The Bertz CT molecular complexity index is 1190. The van der Waals surface area contributed by atoms with E-state index in [0.717, 1.165) is 51.4 Å². The normalized spacial score (nSPS) is 13.6. The molecule has 0 rings (SSSR count). The maximum Gasteiger partial charge on any atom is 0.362 e. The predicted octanol–water partition coefficient (Wildman–Crippen LogP) is 13.1. The maximum atomic E-state index is 12.8. The molecule has 0 heterocycles. The first-order valence-electron chi connectivity index (χ1n) is 23.5. The van der Waals surface area contributed by atoms with Crippen molar-refractivity contribution in [2.24, 2.45) is 0 Å². The minimum absolute atomic E-state index is 0.0422. The monoisotopic (exact) mass is 827 g/mol. The molecule has 0 aromatic carbocycles. The number of carboxylic acid groups (broad SMARTS) is 1. The van der Waals surface area contributed by atoms with Gasteiger partial charge in [0.15, 0.2) is 12.1 Å². The molecule has 0 aliphatic rings. The van der Waals surface area contributed by atoms with Crippen molar-refractivity contribution in [3.05, 3.63) is 72.9 Å². The van der Waals surface area contributed by atoms with Crippen LogP contribution in [0.4, 0.5) is 0 Å². The standard InChI is InChI=1S/C51H87NO7/c1-6-8-10-12-14-16-18-20-22-23-24-25-26-28-30-32-34-36-38-40-42-50(54)59-47(45-57-44-43-48(51(55)56)52(3,4)5)46-58-49(53)41-39-37-35-33-31-29-27-21-19-17-15-13-11-9-7-2/h9,11,13,15,17,19,21,24-25,27,29,31,47-48H,6-8,10,12,14,16,18,20,22-23,26,28,30,32-46H2,1-5H3/p+1/b11-9+,15-13+,19-17+,25-24+,27-21+,31-29+. The predicted molar refractivity (Wildman–Crippen MR) is 247 cm³/mol. The van der Waals surface area contributed by atoms with Crippen LogP contribution in [0.1, 0.15) is 181 Å². The zero-order chi connectivity index (χ0) is 43.5. The molecule has 0 spiro atoms. The molecule has 0 fully saturated rings. The number of rotatable bonds is 41. The van der Waals surface area contributed by atoms with Gasteiger partial charge in [-0.25, -0.2) is 4.79 Å². The summed E-state index contributed by atoms with van der Waals surface area (Å²) in [5.41, 5.74) is 0. The van der Waals surface area contributed by atoms with Gasteiger partial charge in [-0.15, -0.1) is 0 Å². The van der Waals surface area contributed by atoms with Crippen LogP contribution in [0.15, 0.2) is 72.9 Å². The molecule has 0 saturated carbocycles. The molecule has 1 N–H and O–H groups in total. The molecule has 2 atom stereocenters. The van der Waals surface area contributed by atoms with E-state index in [4.69, 9.17) is 14.2 Å². The molecule has 0 aromatic heterocycles. The molecule has 2 unspecified atom stereocenters. The molecule has 0 aliphatic heterocycles. The van der Waals surface area contributed by atoms with Gasteiger partial charge in [0.25, 0.3) is 0 Å². The number of ether oxygens (including phenoxy) is 3. The third kappa shape index (κ3) is 40.0. The summed E-state index contributed by atoms with van der Waals surface area (Å²) < 4.78 is 17.3. The first kappa shape index (κ1) is 55.8. The first-order chi connectivity index (χ1) is 28.6. The molecular weight excluding hydrogens is 739 g/mol. The molecule has 338 valence electrons. The molecule has 8 nitrogen and oxygen atoms in total. The van der Waals surface area contributed by atoms with E-state index in [0.29, 0.717) is 19.3 Å². The summed E-state index contributed by atoms with van der Waals surface area (Å²) in [6.07, 6.45) is 52.4. The van der Waals surface area contributed by atoms with Crippen molar-refractivity contribution in [2.75, 3.05) is 41.0 Å². The van der Waals surface area contributed by atoms with Gasteiger partial charge in [-0.2, -0.15) is 0 Å². The Balaban J connectivity index is 4.37. The molecule has 0 bridgehead atoms. The Morgan fingerprint density at radius 3 is 1.47 bits per heavy atom. The van der Waals surface area contributed by atoms with Gasteiger partial charge in [0, 0.05) is 19.3 Å². The zero-order valence-corrected chi connectivity index (χ0v) is 38.4. The minimum Gasteiger partial charge on any atom is -0.477 e. The van der Waals surface area contributed by atoms with E-state index in [2.05, 4.69) is 38.2 Å². The number of aliphatic carboxylic acids is 1. The Hall–Kier alpha value is -3.23. The topological polar surface area (TPSA) is 99.1 Å². The van der Waals surface area contributed by atoms with Gasteiger partial charge in [0.05, 0.1) is 34.4 Å². The van der Waals surface area contributed by atoms with Crippen molar-refractivity contribution in [3.63, 3.8) is 0 Å². The minimum atomic E-state index is -0.884. The second-order valence-electron chi connectivity index (χ2n) is 16.7. The fraction of sp³-hybridized carbons (Fsp3) is 0.706. The number of nitrogens with zero attached hydrogens (tertiary/aromatic N) is 1. The van der Waals surface area contributed by atoms with Crippen LogP contribution in [-0.2, 0) is 28.6 Å². The number of likely N-dealkylation sites (N-methyl/N-ethyl adjacent to an activating group) is 1. The molecule has 0 aliphatic carbocycles. The van der Waals surface area contributed by atoms with Crippen molar-refractivity contribution in [1.29, 1.82) is 0 Å². The zero-order valence-electron chi connectivity index (χ0n) is 38.4. The smallest absolute Gasteiger partial charge is 0.362 e. The summed E-state index contributed by atoms with van der Waals surface area (Å²) in [6, 6.07) is -0.625. The number of quaternary nitrogens is 1. The van der Waals surface area contributed by atoms with E-state index in [1.165, 1.54) is 96.3 Å². The van der Waals surface area contributed by atoms with Crippen LogP contribution in [-0.4, -0.2) is 80.6 Å². The highest BCUT2D eigenvalue weighted by Gasteiger charge is 2.31. The number of carbonyl (C=O) groups is 3. The number of hydrogen-bond donors (Lipinski definition) is 1. The quantitative estimate of drug-likeness (QED) is 0.0215. The first-order valence-corrected chi connectivity index (χ1v) is 23.5. The molecule has 0 radical (unpaired) electrons. The average molecular weight is 827 g/mol. The van der Waals surface area contributed by atoms with Gasteiger partial charge in [0.1, 0.15) is 6.61 Å². The summed E-state index contributed by atoms with van der Waals surface area (Å²) in [5.74, 6) is -1.53. The number of carbonyl (C=O) groups excluding carboxylic acids is 2. The van der Waals surface area contributed by atoms with Crippen molar-refractivity contribution in [2.45, 2.75) is 193 Å². The van der Waals surface area contributed by atoms with Crippen molar-refractivity contribution in [3.8, 4) is 0 Å². The Kier molecular flexibility index (Phi) is 39.2. The van der Waals surface area contributed by atoms with Crippen LogP contribution in [0.3, 0.4) is 0 Å². The summed E-state index contributed by atoms with van der Waals surface area (Å²) in [5, 5.41) is 9.63. The number of carboxylic acids is 1. The van der Waals surface area contributed by atoms with Gasteiger partial charge in [0.2, 0.25) is 0 Å². The molecular formula is C51H88NO7+. The highest BCUT2D eigenvalue weighted by Crippen LogP contribution is 2.14. The van der Waals surface area contributed by atoms with Gasteiger partial charge < -0.3 is 23.8 Å². The lowest BCUT2D eigenvalue weighted by Crippen LogP contribution is -2.50. The lowest BCUT2D eigenvalue weighted by molar-refractivity contribution is -0.887. The summed E-state index contributed by atoms with van der Waals surface area (Å²) in [7, 11) is 5.51. The van der Waals surface area contributed by atoms with Gasteiger partial charge in [-0.05, 0) is 57.8 Å². The lowest BCUT2D eigenvalue weighted by atomic mass is 10.1. The Morgan fingerprint density at radius 1 is 0.525 bits per heavy atom. The largest absolute Gasteiger partial charge is 0.477 e. The van der Waals surface area contributed by atoms with E-state index < -0.39 is 18.1 Å². The van der Waals surface area contributed by atoms with E-state index in [1.807, 2.05) is 69.8 Å². The van der Waals surface area contributed by atoms with Crippen LogP contribution < -0.4 is 0 Å². The molecule has 0 aromatic rings. The highest BCUT2D eigenvalue weighted by molar-refractivity contribution is 5.72. The third-order valence-corrected chi connectivity index (χ3v) is 10.2. The average Bonchev–Trinajstić information content (AvgIpc) is 3.19. The van der Waals surface area contributed by atoms with Gasteiger partial charge >= 0.3 is 17.9 Å². The fourth-order valence-electron chi connectivity index (χ4n) is 6.58. The SMILES string of the molecule is CC/C=C/C=C/C=C/C=C/C=C/CCCCCC(=O)OCC(COCCC(C(=O)O)[N+](C)(C)C)OC(=O)CCCCCCCCC/C=C/CCCCCCCCCCC. The molecule has 59 heavy (non-hydrogen) atoms. The van der Waals surface area contributed by atoms with Crippen LogP contribution in [0.5, 0.6) is 0 Å². The summed E-state index contributed by atoms with van der Waals surface area (Å²) in [6.45, 7) is 4.54. The van der Waals surface area contributed by atoms with Gasteiger partial charge in [-0.1, -0.05) is 177 Å². The maximum absolute atomic E-state index is 12.8. The van der Waals surface area contributed by atoms with E-state index >= 15 is 0 Å². The van der Waals surface area contributed by atoms with Crippen molar-refractivity contribution in [1.82, 2.24) is 0 Å². The van der Waals surface area contributed by atoms with Crippen LogP contribution in [0.25, 0.3) is 0 Å². The van der Waals surface area contributed by atoms with E-state index in [-0.39, 0.29) is 36.2 Å². The number of allylic oxidation sites excluding steroid dienone is 12. The number of unbranched alkanes of at least 4 members (excludes halogenated alkanes) is 19. The van der Waals surface area contributed by atoms with Crippen molar-refractivity contribution >= 4 is 17.9 Å². The molecule has 8 heteroatoms. The summed E-state index contributed by atoms with van der Waals surface area (Å²) >= 11 is 0. The second-order valence-corrected chi connectivity index (χ2v) is 16.7. The van der Waals surface area contributed by atoms with E-state index in [1.54, 1.807) is 0 Å². The number of esters is 2. The van der Waals surface area contributed by atoms with Gasteiger partial charge in [-0.3, -0.25) is 9.59 Å². The second kappa shape index (κ2) is 41.5. The Morgan fingerprint density at radius 2 is 0.966 bits per heavy atom. The van der Waals surface area contributed by atoms with E-state index in [9.17, 15) is 19.5 Å². The Labute approximate surface area is 361 Å².